The van der Waals surface area contributed by atoms with E-state index in [1.54, 1.807) is 13.4 Å². The molecule has 0 saturated heterocycles. The van der Waals surface area contributed by atoms with Gasteiger partial charge in [0.15, 0.2) is 0 Å². The van der Waals surface area contributed by atoms with Gasteiger partial charge in [-0.1, -0.05) is 13.8 Å². The van der Waals surface area contributed by atoms with E-state index in [1.807, 2.05) is 12.1 Å². The van der Waals surface area contributed by atoms with E-state index in [1.165, 1.54) is 0 Å². The predicted molar refractivity (Wildman–Crippen MR) is 54.4 cm³/mol. The van der Waals surface area contributed by atoms with Crippen molar-refractivity contribution in [1.29, 1.82) is 0 Å². The van der Waals surface area contributed by atoms with Crippen molar-refractivity contribution in [3.63, 3.8) is 0 Å². The van der Waals surface area contributed by atoms with Crippen molar-refractivity contribution in [2.24, 2.45) is 11.8 Å². The van der Waals surface area contributed by atoms with Gasteiger partial charge >= 0.3 is 0 Å². The van der Waals surface area contributed by atoms with Gasteiger partial charge in [-0.25, -0.2) is 5.43 Å². The Hall–Kier alpha value is -0.840. The number of hydrazine groups is 1. The van der Waals surface area contributed by atoms with E-state index in [2.05, 4.69) is 19.3 Å². The minimum Gasteiger partial charge on any atom is -0.468 e. The predicted octanol–water partition coefficient (Wildman–Crippen LogP) is 1.45. The van der Waals surface area contributed by atoms with Gasteiger partial charge in [-0.2, -0.15) is 0 Å². The van der Waals surface area contributed by atoms with Crippen LogP contribution in [0.3, 0.4) is 0 Å². The lowest BCUT2D eigenvalue weighted by Gasteiger charge is -2.26. The summed E-state index contributed by atoms with van der Waals surface area (Å²) in [4.78, 5) is 0. The van der Waals surface area contributed by atoms with Gasteiger partial charge in [0.1, 0.15) is 11.8 Å². The first-order valence-electron chi connectivity index (χ1n) is 4.73. The molecule has 4 heteroatoms. The number of furan rings is 1. The van der Waals surface area contributed by atoms with Crippen molar-refractivity contribution < 1.29 is 9.15 Å². The maximum absolute atomic E-state index is 5.49. The van der Waals surface area contributed by atoms with E-state index in [-0.39, 0.29) is 12.1 Å². The van der Waals surface area contributed by atoms with Crippen molar-refractivity contribution >= 4 is 0 Å². The number of hydrogen-bond donors (Lipinski definition) is 2. The molecule has 80 valence electrons. The molecule has 1 rings (SSSR count). The summed E-state index contributed by atoms with van der Waals surface area (Å²) in [7, 11) is 1.68. The Morgan fingerprint density at radius 1 is 1.50 bits per heavy atom. The Labute approximate surface area is 84.4 Å². The molecule has 0 bridgehead atoms. The van der Waals surface area contributed by atoms with Gasteiger partial charge in [0.05, 0.1) is 12.4 Å². The fraction of sp³-hybridized carbons (Fsp3) is 0.600. The standard InChI is InChI=1S/C10H18N2O2/c1-7(2)10(13-3)9(12-11)8-5-4-6-14-8/h4-7,9-10,12H,11H2,1-3H3. The maximum atomic E-state index is 5.49. The Morgan fingerprint density at radius 3 is 2.57 bits per heavy atom. The van der Waals surface area contributed by atoms with Gasteiger partial charge in [-0.05, 0) is 18.1 Å². The summed E-state index contributed by atoms with van der Waals surface area (Å²) in [6.45, 7) is 4.17. The second kappa shape index (κ2) is 5.14. The lowest BCUT2D eigenvalue weighted by molar-refractivity contribution is 0.0264. The third kappa shape index (κ3) is 2.35. The lowest BCUT2D eigenvalue weighted by Crippen LogP contribution is -2.40. The van der Waals surface area contributed by atoms with E-state index in [9.17, 15) is 0 Å². The number of nitrogens with one attached hydrogen (secondary N) is 1. The minimum absolute atomic E-state index is 0.00569. The Balaban J connectivity index is 2.79. The third-order valence-electron chi connectivity index (χ3n) is 2.29. The normalized spacial score (nSPS) is 15.8. The van der Waals surface area contributed by atoms with Crippen LogP contribution in [0.15, 0.2) is 22.8 Å². The highest BCUT2D eigenvalue weighted by molar-refractivity contribution is 5.06. The van der Waals surface area contributed by atoms with Crippen LogP contribution in [0.5, 0.6) is 0 Å². The molecule has 2 atom stereocenters. The van der Waals surface area contributed by atoms with Crippen molar-refractivity contribution in [3.8, 4) is 0 Å². The van der Waals surface area contributed by atoms with Crippen molar-refractivity contribution in [1.82, 2.24) is 5.43 Å². The van der Waals surface area contributed by atoms with Crippen LogP contribution in [0.1, 0.15) is 25.6 Å². The van der Waals surface area contributed by atoms with Crippen molar-refractivity contribution in [2.75, 3.05) is 7.11 Å². The summed E-state index contributed by atoms with van der Waals surface area (Å²) < 4.78 is 10.7. The van der Waals surface area contributed by atoms with Crippen molar-refractivity contribution in [3.05, 3.63) is 24.2 Å². The molecule has 4 nitrogen and oxygen atoms in total. The lowest BCUT2D eigenvalue weighted by atomic mass is 9.98. The van der Waals surface area contributed by atoms with Crippen LogP contribution < -0.4 is 11.3 Å². The van der Waals surface area contributed by atoms with Gasteiger partial charge in [0, 0.05) is 7.11 Å². The Morgan fingerprint density at radius 2 is 2.21 bits per heavy atom. The average molecular weight is 198 g/mol. The Bertz CT molecular complexity index is 247. The van der Waals surface area contributed by atoms with Crippen LogP contribution in [-0.4, -0.2) is 13.2 Å². The van der Waals surface area contributed by atoms with E-state index in [0.717, 1.165) is 5.76 Å². The first-order chi connectivity index (χ1) is 6.70. The largest absolute Gasteiger partial charge is 0.468 e. The van der Waals surface area contributed by atoms with Crippen LogP contribution in [0.25, 0.3) is 0 Å². The molecule has 0 spiro atoms. The molecule has 0 saturated carbocycles. The molecule has 0 fully saturated rings. The second-order valence-electron chi connectivity index (χ2n) is 3.60. The summed E-state index contributed by atoms with van der Waals surface area (Å²) >= 11 is 0. The average Bonchev–Trinajstić information content (AvgIpc) is 2.65. The summed E-state index contributed by atoms with van der Waals surface area (Å²) in [5.41, 5.74) is 2.72. The van der Waals surface area contributed by atoms with E-state index >= 15 is 0 Å². The molecule has 3 N–H and O–H groups in total. The molecule has 0 amide bonds. The number of rotatable bonds is 5. The summed E-state index contributed by atoms with van der Waals surface area (Å²) in [5, 5.41) is 0. The van der Waals surface area contributed by atoms with Gasteiger partial charge in [-0.3, -0.25) is 5.84 Å². The van der Waals surface area contributed by atoms with Gasteiger partial charge in [0.25, 0.3) is 0 Å². The molecule has 2 unspecified atom stereocenters. The minimum atomic E-state index is -0.102. The molecule has 0 radical (unpaired) electrons. The molecule has 14 heavy (non-hydrogen) atoms. The monoisotopic (exact) mass is 198 g/mol. The van der Waals surface area contributed by atoms with E-state index in [0.29, 0.717) is 5.92 Å². The summed E-state index contributed by atoms with van der Waals surface area (Å²) in [5.74, 6) is 6.65. The van der Waals surface area contributed by atoms with E-state index in [4.69, 9.17) is 15.0 Å². The molecule has 1 heterocycles. The van der Waals surface area contributed by atoms with Crippen LogP contribution in [0.4, 0.5) is 0 Å². The van der Waals surface area contributed by atoms with Crippen LogP contribution >= 0.6 is 0 Å². The topological polar surface area (TPSA) is 60.4 Å². The fourth-order valence-corrected chi connectivity index (χ4v) is 1.60. The van der Waals surface area contributed by atoms with Crippen LogP contribution in [0.2, 0.25) is 0 Å². The molecule has 1 aromatic heterocycles. The van der Waals surface area contributed by atoms with Crippen LogP contribution in [0, 0.1) is 5.92 Å². The number of hydrogen-bond acceptors (Lipinski definition) is 4. The highest BCUT2D eigenvalue weighted by Crippen LogP contribution is 2.23. The molecule has 0 aliphatic heterocycles. The van der Waals surface area contributed by atoms with Crippen LogP contribution in [-0.2, 0) is 4.74 Å². The van der Waals surface area contributed by atoms with Gasteiger partial charge in [-0.15, -0.1) is 0 Å². The third-order valence-corrected chi connectivity index (χ3v) is 2.29. The van der Waals surface area contributed by atoms with Gasteiger partial charge in [0.2, 0.25) is 0 Å². The number of methoxy groups -OCH3 is 1. The first kappa shape index (κ1) is 11.2. The highest BCUT2D eigenvalue weighted by atomic mass is 16.5. The zero-order chi connectivity index (χ0) is 10.6. The number of ether oxygens (including phenoxy) is 1. The van der Waals surface area contributed by atoms with Crippen molar-refractivity contribution in [2.45, 2.75) is 26.0 Å². The first-order valence-corrected chi connectivity index (χ1v) is 4.73. The fourth-order valence-electron chi connectivity index (χ4n) is 1.60. The summed E-state index contributed by atoms with van der Waals surface area (Å²) in [6, 6.07) is 3.63. The SMILES string of the molecule is COC(C(C)C)C(NN)c1ccco1. The summed E-state index contributed by atoms with van der Waals surface area (Å²) in [6.07, 6.45) is 1.64. The maximum Gasteiger partial charge on any atom is 0.124 e. The highest BCUT2D eigenvalue weighted by Gasteiger charge is 2.26. The molecule has 1 aromatic rings. The molecular formula is C10H18N2O2. The molecule has 0 aromatic carbocycles. The zero-order valence-electron chi connectivity index (χ0n) is 8.86. The quantitative estimate of drug-likeness (QED) is 0.555. The molecular weight excluding hydrogens is 180 g/mol. The number of nitrogens with two attached hydrogens (primary N) is 1. The second-order valence-corrected chi connectivity index (χ2v) is 3.60. The van der Waals surface area contributed by atoms with E-state index < -0.39 is 0 Å². The molecule has 0 aliphatic carbocycles. The molecule has 0 aliphatic rings. The zero-order valence-corrected chi connectivity index (χ0v) is 8.86. The van der Waals surface area contributed by atoms with Gasteiger partial charge < -0.3 is 9.15 Å². The Kier molecular flexibility index (Phi) is 4.13. The smallest absolute Gasteiger partial charge is 0.124 e.